The highest BCUT2D eigenvalue weighted by molar-refractivity contribution is 6.00. The quantitative estimate of drug-likeness (QED) is 0.727. The van der Waals surface area contributed by atoms with Gasteiger partial charge in [-0.3, -0.25) is 9.59 Å². The molecule has 1 heterocycles. The number of nitrogens with one attached hydrogen (secondary N) is 2. The van der Waals surface area contributed by atoms with Crippen LogP contribution in [0.15, 0.2) is 30.3 Å². The fourth-order valence-electron chi connectivity index (χ4n) is 2.46. The summed E-state index contributed by atoms with van der Waals surface area (Å²) in [4.78, 5) is 23.7. The predicted octanol–water partition coefficient (Wildman–Crippen LogP) is 1.26. The molecule has 0 aliphatic carbocycles. The fourth-order valence-corrected chi connectivity index (χ4v) is 2.46. The van der Waals surface area contributed by atoms with Gasteiger partial charge < -0.3 is 16.4 Å². The molecule has 2 amide bonds. The summed E-state index contributed by atoms with van der Waals surface area (Å²) >= 11 is 0. The smallest absolute Gasteiger partial charge is 0.354 e. The van der Waals surface area contributed by atoms with Gasteiger partial charge in [0.05, 0.1) is 0 Å². The third kappa shape index (κ3) is 4.44. The van der Waals surface area contributed by atoms with Crippen LogP contribution >= 0.6 is 0 Å². The zero-order chi connectivity index (χ0) is 17.0. The normalized spacial score (nSPS) is 23.0. The van der Waals surface area contributed by atoms with Gasteiger partial charge in [0.2, 0.25) is 11.8 Å². The molecule has 1 aliphatic rings. The Labute approximate surface area is 131 Å². The number of hydrogen-bond acceptors (Lipinski definition) is 3. The summed E-state index contributed by atoms with van der Waals surface area (Å²) in [6.45, 7) is 0.106. The van der Waals surface area contributed by atoms with Crippen molar-refractivity contribution in [2.75, 3.05) is 6.54 Å². The fraction of sp³-hybridized carbons (Fsp3) is 0.467. The van der Waals surface area contributed by atoms with Crippen LogP contribution in [0, 0.1) is 5.92 Å². The topological polar surface area (TPSA) is 84.2 Å². The summed E-state index contributed by atoms with van der Waals surface area (Å²) in [6.07, 6.45) is -4.94. The molecule has 3 unspecified atom stereocenters. The van der Waals surface area contributed by atoms with Crippen molar-refractivity contribution in [3.8, 4) is 0 Å². The highest BCUT2D eigenvalue weighted by Gasteiger charge is 2.45. The summed E-state index contributed by atoms with van der Waals surface area (Å²) in [5, 5.41) is 4.38. The molecule has 1 saturated heterocycles. The van der Waals surface area contributed by atoms with Crippen molar-refractivity contribution in [2.45, 2.75) is 31.1 Å². The van der Waals surface area contributed by atoms with Gasteiger partial charge in [-0.1, -0.05) is 30.3 Å². The molecule has 3 atom stereocenters. The third-order valence-electron chi connectivity index (χ3n) is 3.81. The molecule has 126 valence electrons. The van der Waals surface area contributed by atoms with E-state index in [0.717, 1.165) is 5.56 Å². The molecule has 5 nitrogen and oxygen atoms in total. The largest absolute Gasteiger partial charge is 0.408 e. The first kappa shape index (κ1) is 17.3. The Balaban J connectivity index is 1.86. The van der Waals surface area contributed by atoms with E-state index in [-0.39, 0.29) is 19.4 Å². The monoisotopic (exact) mass is 329 g/mol. The highest BCUT2D eigenvalue weighted by Crippen LogP contribution is 2.28. The zero-order valence-corrected chi connectivity index (χ0v) is 12.3. The van der Waals surface area contributed by atoms with Gasteiger partial charge >= 0.3 is 6.18 Å². The Morgan fingerprint density at radius 3 is 2.52 bits per heavy atom. The average molecular weight is 329 g/mol. The van der Waals surface area contributed by atoms with Crippen LogP contribution in [0.1, 0.15) is 24.4 Å². The third-order valence-corrected chi connectivity index (χ3v) is 3.81. The Hall–Kier alpha value is -2.09. The number of carbonyl (C=O) groups is 2. The molecule has 1 fully saturated rings. The standard InChI is InChI=1S/C15H18F3N3O2/c16-15(17,18)12-7-6-10(14(23)21-12)13(22)20-8-11(19)9-4-2-1-3-5-9/h1-5,10-12H,6-8,19H2,(H,20,22)(H,21,23). The lowest BCUT2D eigenvalue weighted by molar-refractivity contribution is -0.171. The first-order valence-corrected chi connectivity index (χ1v) is 7.24. The van der Waals surface area contributed by atoms with Crippen LogP contribution in [0.25, 0.3) is 0 Å². The maximum absolute atomic E-state index is 12.6. The average Bonchev–Trinajstić information content (AvgIpc) is 2.52. The lowest BCUT2D eigenvalue weighted by atomic mass is 9.92. The second-order valence-electron chi connectivity index (χ2n) is 5.50. The van der Waals surface area contributed by atoms with Gasteiger partial charge in [0.25, 0.3) is 0 Å². The molecule has 1 aliphatic heterocycles. The van der Waals surface area contributed by atoms with Crippen LogP contribution in [0.4, 0.5) is 13.2 Å². The van der Waals surface area contributed by atoms with Crippen LogP contribution < -0.4 is 16.4 Å². The molecular formula is C15H18F3N3O2. The highest BCUT2D eigenvalue weighted by atomic mass is 19.4. The minimum atomic E-state index is -4.49. The molecule has 0 bridgehead atoms. The number of nitrogens with two attached hydrogens (primary N) is 1. The van der Waals surface area contributed by atoms with Gasteiger partial charge in [0, 0.05) is 12.6 Å². The number of hydrogen-bond donors (Lipinski definition) is 3. The maximum atomic E-state index is 12.6. The number of carbonyl (C=O) groups excluding carboxylic acids is 2. The van der Waals surface area contributed by atoms with E-state index in [4.69, 9.17) is 5.73 Å². The molecule has 8 heteroatoms. The van der Waals surface area contributed by atoms with E-state index in [1.54, 1.807) is 12.1 Å². The molecule has 23 heavy (non-hydrogen) atoms. The van der Waals surface area contributed by atoms with Crippen LogP contribution in [-0.4, -0.2) is 30.6 Å². The van der Waals surface area contributed by atoms with Crippen LogP contribution in [0.3, 0.4) is 0 Å². The molecule has 0 radical (unpaired) electrons. The first-order valence-electron chi connectivity index (χ1n) is 7.24. The number of rotatable bonds is 4. The van der Waals surface area contributed by atoms with E-state index >= 15 is 0 Å². The summed E-state index contributed by atoms with van der Waals surface area (Å²) in [5.74, 6) is -2.62. The minimum Gasteiger partial charge on any atom is -0.354 e. The van der Waals surface area contributed by atoms with Crippen molar-refractivity contribution in [1.82, 2.24) is 10.6 Å². The summed E-state index contributed by atoms with van der Waals surface area (Å²) in [5.41, 5.74) is 6.74. The minimum absolute atomic E-state index is 0.106. The molecular weight excluding hydrogens is 311 g/mol. The molecule has 1 aromatic rings. The second-order valence-corrected chi connectivity index (χ2v) is 5.50. The van der Waals surface area contributed by atoms with Crippen LogP contribution in [0.2, 0.25) is 0 Å². The van der Waals surface area contributed by atoms with Crippen molar-refractivity contribution in [2.24, 2.45) is 11.7 Å². The first-order chi connectivity index (χ1) is 10.8. The second kappa shape index (κ2) is 6.99. The summed E-state index contributed by atoms with van der Waals surface area (Å²) in [6, 6.07) is 6.72. The van der Waals surface area contributed by atoms with E-state index in [2.05, 4.69) is 5.32 Å². The Morgan fingerprint density at radius 1 is 1.30 bits per heavy atom. The SMILES string of the molecule is NC(CNC(=O)C1CCC(C(F)(F)F)NC1=O)c1ccccc1. The van der Waals surface area contributed by atoms with Gasteiger partial charge in [-0.05, 0) is 18.4 Å². The number of alkyl halides is 3. The van der Waals surface area contributed by atoms with Gasteiger partial charge in [-0.15, -0.1) is 0 Å². The lowest BCUT2D eigenvalue weighted by Crippen LogP contribution is -2.54. The number of piperidine rings is 1. The summed E-state index contributed by atoms with van der Waals surface area (Å²) in [7, 11) is 0. The van der Waals surface area contributed by atoms with E-state index in [0.29, 0.717) is 0 Å². The molecule has 0 spiro atoms. The molecule has 2 rings (SSSR count). The summed E-state index contributed by atoms with van der Waals surface area (Å²) < 4.78 is 37.7. The number of halogens is 3. The molecule has 1 aromatic carbocycles. The van der Waals surface area contributed by atoms with E-state index < -0.39 is 36.0 Å². The van der Waals surface area contributed by atoms with Gasteiger partial charge in [0.1, 0.15) is 12.0 Å². The molecule has 4 N–H and O–H groups in total. The van der Waals surface area contributed by atoms with Crippen molar-refractivity contribution in [3.05, 3.63) is 35.9 Å². The van der Waals surface area contributed by atoms with Crippen molar-refractivity contribution in [1.29, 1.82) is 0 Å². The van der Waals surface area contributed by atoms with Crippen molar-refractivity contribution in [3.63, 3.8) is 0 Å². The molecule has 0 saturated carbocycles. The lowest BCUT2D eigenvalue weighted by Gasteiger charge is -2.30. The van der Waals surface area contributed by atoms with Crippen LogP contribution in [-0.2, 0) is 9.59 Å². The van der Waals surface area contributed by atoms with Gasteiger partial charge in [-0.2, -0.15) is 13.2 Å². The number of amides is 2. The van der Waals surface area contributed by atoms with E-state index in [1.165, 1.54) is 0 Å². The van der Waals surface area contributed by atoms with Crippen molar-refractivity contribution < 1.29 is 22.8 Å². The Morgan fingerprint density at radius 2 is 1.96 bits per heavy atom. The Kier molecular flexibility index (Phi) is 5.25. The predicted molar refractivity (Wildman–Crippen MR) is 77.1 cm³/mol. The Bertz CT molecular complexity index is 563. The van der Waals surface area contributed by atoms with E-state index in [9.17, 15) is 22.8 Å². The number of benzene rings is 1. The maximum Gasteiger partial charge on any atom is 0.408 e. The van der Waals surface area contributed by atoms with Crippen molar-refractivity contribution >= 4 is 11.8 Å². The zero-order valence-electron chi connectivity index (χ0n) is 12.3. The van der Waals surface area contributed by atoms with E-state index in [1.807, 2.05) is 23.5 Å². The van der Waals surface area contributed by atoms with Crippen LogP contribution in [0.5, 0.6) is 0 Å². The van der Waals surface area contributed by atoms with Gasteiger partial charge in [0.15, 0.2) is 0 Å². The van der Waals surface area contributed by atoms with Gasteiger partial charge in [-0.25, -0.2) is 0 Å². The molecule has 0 aromatic heterocycles.